The monoisotopic (exact) mass is 340 g/mol. The van der Waals surface area contributed by atoms with Crippen LogP contribution < -0.4 is 10.3 Å². The molecule has 0 amide bonds. The molecule has 0 aliphatic carbocycles. The molecule has 3 heterocycles. The molecule has 1 saturated heterocycles. The summed E-state index contributed by atoms with van der Waals surface area (Å²) in [5, 5.41) is 2.85. The van der Waals surface area contributed by atoms with Crippen LogP contribution in [0.4, 0.5) is 0 Å². The number of H-pyrrole nitrogens is 1. The van der Waals surface area contributed by atoms with Gasteiger partial charge >= 0.3 is 0 Å². The first-order chi connectivity index (χ1) is 12.2. The van der Waals surface area contributed by atoms with Crippen molar-refractivity contribution in [3.05, 3.63) is 64.2 Å². The number of rotatable bonds is 4. The maximum atomic E-state index is 12.1. The predicted molar refractivity (Wildman–Crippen MR) is 92.8 cm³/mol. The van der Waals surface area contributed by atoms with E-state index in [1.807, 2.05) is 24.3 Å². The summed E-state index contributed by atoms with van der Waals surface area (Å²) in [6.45, 7) is 2.84. The normalized spacial score (nSPS) is 18.5. The molecule has 1 aliphatic heterocycles. The Balaban J connectivity index is 1.51. The van der Waals surface area contributed by atoms with E-state index in [-0.39, 0.29) is 11.7 Å². The van der Waals surface area contributed by atoms with Crippen molar-refractivity contribution in [1.82, 2.24) is 19.5 Å². The van der Waals surface area contributed by atoms with Gasteiger partial charge in [-0.25, -0.2) is 9.50 Å². The highest BCUT2D eigenvalue weighted by Gasteiger charge is 2.23. The Bertz CT molecular complexity index is 933. The topological polar surface area (TPSA) is 71.9 Å². The largest absolute Gasteiger partial charge is 0.497 e. The summed E-state index contributed by atoms with van der Waals surface area (Å²) in [6, 6.07) is 11.3. The second kappa shape index (κ2) is 6.70. The molecule has 0 radical (unpaired) electrons. The summed E-state index contributed by atoms with van der Waals surface area (Å²) in [5.41, 5.74) is 2.41. The van der Waals surface area contributed by atoms with Crippen molar-refractivity contribution in [3.63, 3.8) is 0 Å². The highest BCUT2D eigenvalue weighted by molar-refractivity contribution is 5.36. The van der Waals surface area contributed by atoms with Gasteiger partial charge in [-0.3, -0.25) is 14.8 Å². The van der Waals surface area contributed by atoms with Gasteiger partial charge in [-0.05, 0) is 17.7 Å². The van der Waals surface area contributed by atoms with Crippen LogP contribution in [0, 0.1) is 0 Å². The second-order valence-electron chi connectivity index (χ2n) is 6.11. The minimum atomic E-state index is -0.0948. The van der Waals surface area contributed by atoms with Gasteiger partial charge in [0.2, 0.25) is 0 Å². The summed E-state index contributed by atoms with van der Waals surface area (Å²) < 4.78 is 12.7. The van der Waals surface area contributed by atoms with Crippen LogP contribution in [0.2, 0.25) is 0 Å². The summed E-state index contributed by atoms with van der Waals surface area (Å²) in [4.78, 5) is 18.9. The number of aromatic nitrogens is 3. The number of nitrogens with zero attached hydrogens (tertiary/aromatic N) is 3. The lowest BCUT2D eigenvalue weighted by Gasteiger charge is -2.33. The lowest BCUT2D eigenvalue weighted by Crippen LogP contribution is -2.38. The molecule has 2 aromatic heterocycles. The number of hydrogen-bond donors (Lipinski definition) is 1. The van der Waals surface area contributed by atoms with E-state index in [2.05, 4.69) is 15.0 Å². The molecule has 0 spiro atoms. The molecule has 130 valence electrons. The van der Waals surface area contributed by atoms with Gasteiger partial charge in [-0.2, -0.15) is 0 Å². The predicted octanol–water partition coefficient (Wildman–Crippen LogP) is 1.60. The van der Waals surface area contributed by atoms with Crippen LogP contribution in [-0.4, -0.2) is 46.3 Å². The molecule has 7 heteroatoms. The first kappa shape index (κ1) is 15.9. The van der Waals surface area contributed by atoms with Crippen molar-refractivity contribution in [2.45, 2.75) is 12.6 Å². The second-order valence-corrected chi connectivity index (χ2v) is 6.11. The van der Waals surface area contributed by atoms with Gasteiger partial charge in [0.05, 0.1) is 25.5 Å². The van der Waals surface area contributed by atoms with Crippen LogP contribution in [0.25, 0.3) is 5.65 Å². The Morgan fingerprint density at radius 2 is 2.28 bits per heavy atom. The molecule has 1 unspecified atom stereocenters. The average Bonchev–Trinajstić information content (AvgIpc) is 3.11. The van der Waals surface area contributed by atoms with Crippen molar-refractivity contribution in [2.75, 3.05) is 26.8 Å². The first-order valence-corrected chi connectivity index (χ1v) is 8.27. The van der Waals surface area contributed by atoms with Gasteiger partial charge in [-0.15, -0.1) is 0 Å². The van der Waals surface area contributed by atoms with E-state index in [4.69, 9.17) is 9.47 Å². The Hall–Kier alpha value is -2.64. The number of ether oxygens (including phenoxy) is 2. The number of aromatic amines is 1. The summed E-state index contributed by atoms with van der Waals surface area (Å²) in [6.07, 6.45) is 1.70. The molecule has 7 nitrogen and oxygen atoms in total. The van der Waals surface area contributed by atoms with E-state index in [1.165, 1.54) is 4.52 Å². The number of morpholine rings is 1. The molecule has 1 aromatic carbocycles. The van der Waals surface area contributed by atoms with Crippen molar-refractivity contribution < 1.29 is 9.47 Å². The zero-order chi connectivity index (χ0) is 17.2. The zero-order valence-corrected chi connectivity index (χ0v) is 14.0. The molecule has 0 bridgehead atoms. The minimum Gasteiger partial charge on any atom is -0.497 e. The van der Waals surface area contributed by atoms with Gasteiger partial charge in [0, 0.05) is 38.0 Å². The van der Waals surface area contributed by atoms with Gasteiger partial charge in [0.25, 0.3) is 5.56 Å². The van der Waals surface area contributed by atoms with Gasteiger partial charge < -0.3 is 9.47 Å². The highest BCUT2D eigenvalue weighted by atomic mass is 16.5. The fourth-order valence-corrected chi connectivity index (χ4v) is 3.18. The molecule has 1 fully saturated rings. The Kier molecular flexibility index (Phi) is 4.25. The number of methoxy groups -OCH3 is 1. The smallest absolute Gasteiger partial charge is 0.272 e. The third kappa shape index (κ3) is 3.29. The summed E-state index contributed by atoms with van der Waals surface area (Å²) in [5.74, 6) is 0.825. The summed E-state index contributed by atoms with van der Waals surface area (Å²) >= 11 is 0. The zero-order valence-electron chi connectivity index (χ0n) is 14.0. The van der Waals surface area contributed by atoms with E-state index in [0.29, 0.717) is 18.8 Å². The number of fused-ring (bicyclic) bond motifs is 1. The molecule has 1 N–H and O–H groups in total. The Labute approximate surface area is 144 Å². The third-order valence-corrected chi connectivity index (χ3v) is 4.44. The lowest BCUT2D eigenvalue weighted by atomic mass is 10.1. The molecule has 4 rings (SSSR count). The van der Waals surface area contributed by atoms with E-state index < -0.39 is 0 Å². The SMILES string of the molecule is COc1cccc(C2CN(Cc3cc(=O)n4[nH]ccc4n3)CCO2)c1. The van der Waals surface area contributed by atoms with E-state index >= 15 is 0 Å². The lowest BCUT2D eigenvalue weighted by molar-refractivity contribution is -0.0333. The Morgan fingerprint density at radius 3 is 3.16 bits per heavy atom. The van der Waals surface area contributed by atoms with E-state index in [1.54, 1.807) is 25.4 Å². The fourth-order valence-electron chi connectivity index (χ4n) is 3.18. The van der Waals surface area contributed by atoms with Crippen LogP contribution in [0.15, 0.2) is 47.4 Å². The van der Waals surface area contributed by atoms with Crippen LogP contribution in [0.3, 0.4) is 0 Å². The highest BCUT2D eigenvalue weighted by Crippen LogP contribution is 2.25. The van der Waals surface area contributed by atoms with Crippen LogP contribution >= 0.6 is 0 Å². The van der Waals surface area contributed by atoms with E-state index in [0.717, 1.165) is 30.1 Å². The molecule has 25 heavy (non-hydrogen) atoms. The van der Waals surface area contributed by atoms with Gasteiger partial charge in [0.1, 0.15) is 5.75 Å². The average molecular weight is 340 g/mol. The quantitative estimate of drug-likeness (QED) is 0.781. The molecular formula is C18H20N4O3. The molecule has 0 saturated carbocycles. The third-order valence-electron chi connectivity index (χ3n) is 4.44. The van der Waals surface area contributed by atoms with Gasteiger partial charge in [-0.1, -0.05) is 12.1 Å². The number of nitrogens with one attached hydrogen (secondary N) is 1. The minimum absolute atomic E-state index is 0.0130. The van der Waals surface area contributed by atoms with Gasteiger partial charge in [0.15, 0.2) is 5.65 Å². The fraction of sp³-hybridized carbons (Fsp3) is 0.333. The van der Waals surface area contributed by atoms with Crippen molar-refractivity contribution in [2.24, 2.45) is 0 Å². The molecule has 1 atom stereocenters. The molecule has 3 aromatic rings. The Morgan fingerprint density at radius 1 is 1.36 bits per heavy atom. The van der Waals surface area contributed by atoms with Crippen molar-refractivity contribution >= 4 is 5.65 Å². The maximum absolute atomic E-state index is 12.1. The molecule has 1 aliphatic rings. The van der Waals surface area contributed by atoms with Crippen LogP contribution in [0.1, 0.15) is 17.4 Å². The van der Waals surface area contributed by atoms with Crippen molar-refractivity contribution in [3.8, 4) is 5.75 Å². The standard InChI is InChI=1S/C18H20N4O3/c1-24-15-4-2-3-13(9-15)16-12-21(7-8-25-16)11-14-10-18(23)22-17(20-14)5-6-19-22/h2-6,9-10,16,19H,7-8,11-12H2,1H3. The molecular weight excluding hydrogens is 320 g/mol. The van der Waals surface area contributed by atoms with Crippen LogP contribution in [-0.2, 0) is 11.3 Å². The van der Waals surface area contributed by atoms with E-state index in [9.17, 15) is 4.79 Å². The van der Waals surface area contributed by atoms with Crippen LogP contribution in [0.5, 0.6) is 5.75 Å². The summed E-state index contributed by atoms with van der Waals surface area (Å²) in [7, 11) is 1.66. The number of benzene rings is 1. The first-order valence-electron chi connectivity index (χ1n) is 8.27. The van der Waals surface area contributed by atoms with Crippen molar-refractivity contribution in [1.29, 1.82) is 0 Å². The maximum Gasteiger partial charge on any atom is 0.272 e. The number of hydrogen-bond acceptors (Lipinski definition) is 5.